The van der Waals surface area contributed by atoms with E-state index in [9.17, 15) is 0 Å². The first-order valence-electron chi connectivity index (χ1n) is 6.04. The molecular weight excluding hydrogens is 200 g/mol. The molecule has 4 nitrogen and oxygen atoms in total. The first-order valence-corrected chi connectivity index (χ1v) is 6.04. The van der Waals surface area contributed by atoms with Crippen molar-refractivity contribution in [1.29, 1.82) is 0 Å². The minimum absolute atomic E-state index is 0.512. The van der Waals surface area contributed by atoms with Gasteiger partial charge in [0, 0.05) is 19.2 Å². The molecule has 4 heteroatoms. The second-order valence-electron chi connectivity index (χ2n) is 4.56. The summed E-state index contributed by atoms with van der Waals surface area (Å²) < 4.78 is 1.79. The van der Waals surface area contributed by atoms with Crippen molar-refractivity contribution in [1.82, 2.24) is 9.78 Å². The molecule has 1 heterocycles. The molecule has 0 bridgehead atoms. The Kier molecular flexibility index (Phi) is 3.59. The summed E-state index contributed by atoms with van der Waals surface area (Å²) in [5.41, 5.74) is 7.01. The molecule has 1 saturated carbocycles. The van der Waals surface area contributed by atoms with Crippen molar-refractivity contribution in [2.45, 2.75) is 38.6 Å². The number of hydrogen-bond acceptors (Lipinski definition) is 2. The lowest BCUT2D eigenvalue weighted by Gasteiger charge is -2.20. The van der Waals surface area contributed by atoms with Crippen molar-refractivity contribution >= 4 is 5.84 Å². The number of aryl methyl sites for hydroxylation is 1. The molecule has 0 spiro atoms. The van der Waals surface area contributed by atoms with Crippen LogP contribution in [0.5, 0.6) is 0 Å². The maximum Gasteiger partial charge on any atom is 0.0973 e. The normalized spacial score (nSPS) is 18.9. The van der Waals surface area contributed by atoms with Crippen LogP contribution in [-0.2, 0) is 13.6 Å². The molecule has 1 fully saturated rings. The van der Waals surface area contributed by atoms with Crippen LogP contribution in [0.2, 0.25) is 0 Å². The van der Waals surface area contributed by atoms with Crippen molar-refractivity contribution in [3.8, 4) is 0 Å². The van der Waals surface area contributed by atoms with E-state index in [-0.39, 0.29) is 0 Å². The fourth-order valence-corrected chi connectivity index (χ4v) is 2.25. The molecule has 2 N–H and O–H groups in total. The monoisotopic (exact) mass is 220 g/mol. The van der Waals surface area contributed by atoms with Crippen LogP contribution in [0.3, 0.4) is 0 Å². The fourth-order valence-electron chi connectivity index (χ4n) is 2.25. The lowest BCUT2D eigenvalue weighted by Crippen LogP contribution is -2.25. The van der Waals surface area contributed by atoms with Crippen molar-refractivity contribution in [2.75, 3.05) is 0 Å². The highest BCUT2D eigenvalue weighted by atomic mass is 15.2. The van der Waals surface area contributed by atoms with Crippen molar-refractivity contribution in [2.24, 2.45) is 23.7 Å². The molecule has 0 amide bonds. The van der Waals surface area contributed by atoms with Gasteiger partial charge in [0.25, 0.3) is 0 Å². The third-order valence-electron chi connectivity index (χ3n) is 3.22. The second-order valence-corrected chi connectivity index (χ2v) is 4.56. The molecule has 0 unspecified atom stereocenters. The average Bonchev–Trinajstić information content (AvgIpc) is 2.73. The lowest BCUT2D eigenvalue weighted by molar-refractivity contribution is 0.436. The number of aromatic nitrogens is 2. The van der Waals surface area contributed by atoms with Crippen LogP contribution in [0.15, 0.2) is 17.3 Å². The average molecular weight is 220 g/mol. The second kappa shape index (κ2) is 5.14. The standard InChI is InChI=1S/C12H20N4/c1-16-8-7-11(15-16)9-14-12(13)10-5-3-2-4-6-10/h7-8,10H,2-6,9H2,1H3,(H2,13,14). The molecule has 0 aromatic carbocycles. The summed E-state index contributed by atoms with van der Waals surface area (Å²) in [5.74, 6) is 1.34. The Labute approximate surface area is 96.6 Å². The van der Waals surface area contributed by atoms with E-state index < -0.39 is 0 Å². The highest BCUT2D eigenvalue weighted by Crippen LogP contribution is 2.23. The van der Waals surface area contributed by atoms with Gasteiger partial charge in [0.1, 0.15) is 0 Å². The molecule has 2 rings (SSSR count). The minimum Gasteiger partial charge on any atom is -0.387 e. The Morgan fingerprint density at radius 3 is 2.88 bits per heavy atom. The van der Waals surface area contributed by atoms with Gasteiger partial charge < -0.3 is 5.73 Å². The van der Waals surface area contributed by atoms with Gasteiger partial charge in [0.2, 0.25) is 0 Å². The van der Waals surface area contributed by atoms with Crippen molar-refractivity contribution < 1.29 is 0 Å². The Morgan fingerprint density at radius 1 is 1.50 bits per heavy atom. The summed E-state index contributed by atoms with van der Waals surface area (Å²) in [5, 5.41) is 4.28. The summed E-state index contributed by atoms with van der Waals surface area (Å²) in [6.07, 6.45) is 8.29. The van der Waals surface area contributed by atoms with Crippen molar-refractivity contribution in [3.63, 3.8) is 0 Å². The maximum atomic E-state index is 6.02. The highest BCUT2D eigenvalue weighted by Gasteiger charge is 2.16. The molecule has 0 saturated heterocycles. The lowest BCUT2D eigenvalue weighted by atomic mass is 9.88. The molecule has 1 aliphatic rings. The third-order valence-corrected chi connectivity index (χ3v) is 3.22. The number of nitrogens with two attached hydrogens (primary N) is 1. The van der Waals surface area contributed by atoms with Crippen LogP contribution in [0, 0.1) is 5.92 Å². The molecule has 0 atom stereocenters. The van der Waals surface area contributed by atoms with Crippen LogP contribution in [0.1, 0.15) is 37.8 Å². The van der Waals surface area contributed by atoms with E-state index in [1.165, 1.54) is 32.1 Å². The van der Waals surface area contributed by atoms with Gasteiger partial charge in [-0.15, -0.1) is 0 Å². The van der Waals surface area contributed by atoms with Crippen LogP contribution in [0.4, 0.5) is 0 Å². The van der Waals surface area contributed by atoms with Gasteiger partial charge in [0.05, 0.1) is 18.1 Å². The van der Waals surface area contributed by atoms with E-state index in [4.69, 9.17) is 5.73 Å². The molecule has 0 radical (unpaired) electrons. The molecule has 1 aliphatic carbocycles. The number of nitrogens with zero attached hydrogens (tertiary/aromatic N) is 3. The molecule has 1 aromatic rings. The summed E-state index contributed by atoms with van der Waals surface area (Å²) in [4.78, 5) is 4.45. The SMILES string of the molecule is Cn1ccc(CN=C(N)C2CCCCC2)n1. The van der Waals surface area contributed by atoms with E-state index in [0.29, 0.717) is 12.5 Å². The summed E-state index contributed by atoms with van der Waals surface area (Å²) in [6, 6.07) is 1.98. The van der Waals surface area contributed by atoms with Gasteiger partial charge >= 0.3 is 0 Å². The number of amidine groups is 1. The van der Waals surface area contributed by atoms with Gasteiger partial charge in [-0.25, -0.2) is 0 Å². The first kappa shape index (κ1) is 11.2. The smallest absolute Gasteiger partial charge is 0.0973 e. The largest absolute Gasteiger partial charge is 0.387 e. The Bertz CT molecular complexity index is 361. The van der Waals surface area contributed by atoms with Gasteiger partial charge in [0.15, 0.2) is 0 Å². The van der Waals surface area contributed by atoms with Gasteiger partial charge in [-0.2, -0.15) is 5.10 Å². The third kappa shape index (κ3) is 2.84. The van der Waals surface area contributed by atoms with Crippen molar-refractivity contribution in [3.05, 3.63) is 18.0 Å². The van der Waals surface area contributed by atoms with E-state index in [1.54, 1.807) is 4.68 Å². The van der Waals surface area contributed by atoms with Crippen LogP contribution >= 0.6 is 0 Å². The number of rotatable bonds is 3. The quantitative estimate of drug-likeness (QED) is 0.624. The zero-order valence-electron chi connectivity index (χ0n) is 9.89. The van der Waals surface area contributed by atoms with Crippen LogP contribution in [0.25, 0.3) is 0 Å². The summed E-state index contributed by atoms with van der Waals surface area (Å²) >= 11 is 0. The van der Waals surface area contributed by atoms with Gasteiger partial charge in [-0.3, -0.25) is 9.67 Å². The highest BCUT2D eigenvalue weighted by molar-refractivity contribution is 5.82. The van der Waals surface area contributed by atoms with Gasteiger partial charge in [-0.1, -0.05) is 19.3 Å². The summed E-state index contributed by atoms with van der Waals surface area (Å²) in [7, 11) is 1.91. The first-order chi connectivity index (χ1) is 7.75. The van der Waals surface area contributed by atoms with Gasteiger partial charge in [-0.05, 0) is 18.9 Å². The molecule has 88 valence electrons. The maximum absolute atomic E-state index is 6.02. The number of aliphatic imine (C=N–C) groups is 1. The Hall–Kier alpha value is -1.32. The van der Waals surface area contributed by atoms with Crippen LogP contribution in [-0.4, -0.2) is 15.6 Å². The molecular formula is C12H20N4. The van der Waals surface area contributed by atoms with Crippen LogP contribution < -0.4 is 5.73 Å². The fraction of sp³-hybridized carbons (Fsp3) is 0.667. The number of hydrogen-bond donors (Lipinski definition) is 1. The summed E-state index contributed by atoms with van der Waals surface area (Å²) in [6.45, 7) is 0.614. The zero-order chi connectivity index (χ0) is 11.4. The van der Waals surface area contributed by atoms with E-state index in [2.05, 4.69) is 10.1 Å². The molecule has 0 aliphatic heterocycles. The molecule has 16 heavy (non-hydrogen) atoms. The molecule has 1 aromatic heterocycles. The van der Waals surface area contributed by atoms with E-state index in [1.807, 2.05) is 19.3 Å². The zero-order valence-corrected chi connectivity index (χ0v) is 9.89. The Balaban J connectivity index is 1.90. The minimum atomic E-state index is 0.512. The Morgan fingerprint density at radius 2 is 2.25 bits per heavy atom. The topological polar surface area (TPSA) is 56.2 Å². The predicted molar refractivity (Wildman–Crippen MR) is 65.1 cm³/mol. The van der Waals surface area contributed by atoms with E-state index >= 15 is 0 Å². The predicted octanol–water partition coefficient (Wildman–Crippen LogP) is 1.86. The van der Waals surface area contributed by atoms with E-state index in [0.717, 1.165) is 11.5 Å².